The van der Waals surface area contributed by atoms with Crippen LogP contribution in [0.15, 0.2) is 27.6 Å². The van der Waals surface area contributed by atoms with Crippen molar-refractivity contribution in [1.82, 2.24) is 10.0 Å². The smallest absolute Gasteiger partial charge is 0.241 e. The van der Waals surface area contributed by atoms with E-state index in [-0.39, 0.29) is 6.04 Å². The van der Waals surface area contributed by atoms with Gasteiger partial charge in [-0.1, -0.05) is 26.8 Å². The largest absolute Gasteiger partial charge is 0.313 e. The average molecular weight is 363 g/mol. The second-order valence-corrected chi connectivity index (χ2v) is 7.22. The monoisotopic (exact) mass is 362 g/mol. The van der Waals surface area contributed by atoms with Crippen molar-refractivity contribution in [2.75, 3.05) is 6.54 Å². The number of rotatable bonds is 8. The minimum absolute atomic E-state index is 0.0238. The van der Waals surface area contributed by atoms with Gasteiger partial charge in [0, 0.05) is 17.1 Å². The van der Waals surface area contributed by atoms with Crippen LogP contribution in [0.4, 0.5) is 0 Å². The lowest BCUT2D eigenvalue weighted by Gasteiger charge is -2.16. The molecule has 0 aromatic heterocycles. The van der Waals surface area contributed by atoms with Crippen molar-refractivity contribution in [2.24, 2.45) is 0 Å². The van der Waals surface area contributed by atoms with Gasteiger partial charge in [-0.3, -0.25) is 0 Å². The molecular weight excluding hydrogens is 340 g/mol. The Labute approximate surface area is 130 Å². The maximum atomic E-state index is 12.4. The predicted molar refractivity (Wildman–Crippen MR) is 86.2 cm³/mol. The maximum absolute atomic E-state index is 12.4. The van der Waals surface area contributed by atoms with Gasteiger partial charge in [0.2, 0.25) is 10.0 Å². The summed E-state index contributed by atoms with van der Waals surface area (Å²) < 4.78 is 28.2. The van der Waals surface area contributed by atoms with Crippen molar-refractivity contribution >= 4 is 26.0 Å². The summed E-state index contributed by atoms with van der Waals surface area (Å²) in [5.41, 5.74) is 0.958. The van der Waals surface area contributed by atoms with Crippen LogP contribution in [0.1, 0.15) is 39.2 Å². The quantitative estimate of drug-likeness (QED) is 0.747. The molecule has 0 fully saturated rings. The third kappa shape index (κ3) is 4.84. The molecule has 1 rings (SSSR count). The highest BCUT2D eigenvalue weighted by Crippen LogP contribution is 2.23. The molecule has 0 heterocycles. The first-order valence-electron chi connectivity index (χ1n) is 6.96. The fraction of sp³-hybridized carbons (Fsp3) is 0.571. The van der Waals surface area contributed by atoms with Gasteiger partial charge in [-0.15, -0.1) is 0 Å². The standard InChI is InChI=1S/C14H23BrN2O2S/c1-4-12(5-2)17-20(18,19)14-9-11(10-16-6-3)7-8-13(14)15/h7-9,12,16-17H,4-6,10H2,1-3H3. The number of benzene rings is 1. The lowest BCUT2D eigenvalue weighted by atomic mass is 10.2. The highest BCUT2D eigenvalue weighted by molar-refractivity contribution is 9.10. The number of hydrogen-bond donors (Lipinski definition) is 2. The molecule has 2 N–H and O–H groups in total. The molecule has 0 amide bonds. The molecule has 1 aromatic carbocycles. The molecule has 0 radical (unpaired) electrons. The second-order valence-electron chi connectivity index (χ2n) is 4.68. The van der Waals surface area contributed by atoms with Crippen LogP contribution in [0.2, 0.25) is 0 Å². The SMILES string of the molecule is CCNCc1ccc(Br)c(S(=O)(=O)NC(CC)CC)c1. The lowest BCUT2D eigenvalue weighted by molar-refractivity contribution is 0.529. The fourth-order valence-corrected chi connectivity index (χ4v) is 4.29. The lowest BCUT2D eigenvalue weighted by Crippen LogP contribution is -2.34. The number of hydrogen-bond acceptors (Lipinski definition) is 3. The van der Waals surface area contributed by atoms with E-state index in [1.54, 1.807) is 12.1 Å². The average Bonchev–Trinajstić information content (AvgIpc) is 2.43. The van der Waals surface area contributed by atoms with Crippen molar-refractivity contribution in [1.29, 1.82) is 0 Å². The Morgan fingerprint density at radius 2 is 1.85 bits per heavy atom. The molecule has 0 unspecified atom stereocenters. The first-order valence-corrected chi connectivity index (χ1v) is 9.23. The summed E-state index contributed by atoms with van der Waals surface area (Å²) in [6.07, 6.45) is 1.56. The van der Waals surface area contributed by atoms with Crippen LogP contribution < -0.4 is 10.0 Å². The van der Waals surface area contributed by atoms with E-state index in [2.05, 4.69) is 26.0 Å². The number of sulfonamides is 1. The number of nitrogens with one attached hydrogen (secondary N) is 2. The molecule has 0 saturated carbocycles. The molecule has 0 spiro atoms. The summed E-state index contributed by atoms with van der Waals surface area (Å²) >= 11 is 3.33. The van der Waals surface area contributed by atoms with Crippen molar-refractivity contribution in [3.8, 4) is 0 Å². The third-order valence-electron chi connectivity index (χ3n) is 3.17. The summed E-state index contributed by atoms with van der Waals surface area (Å²) in [6, 6.07) is 5.40. The molecule has 0 atom stereocenters. The molecule has 0 aliphatic heterocycles. The molecule has 6 heteroatoms. The second kappa shape index (κ2) is 8.12. The summed E-state index contributed by atoms with van der Waals surface area (Å²) in [5, 5.41) is 3.20. The van der Waals surface area contributed by atoms with E-state index in [0.29, 0.717) is 15.9 Å². The zero-order chi connectivity index (χ0) is 15.2. The normalized spacial score (nSPS) is 12.1. The molecule has 20 heavy (non-hydrogen) atoms. The molecule has 114 valence electrons. The summed E-state index contributed by atoms with van der Waals surface area (Å²) in [4.78, 5) is 0.305. The van der Waals surface area contributed by atoms with Gasteiger partial charge in [0.25, 0.3) is 0 Å². The Bertz CT molecular complexity index is 528. The Kier molecular flexibility index (Phi) is 7.15. The van der Waals surface area contributed by atoms with E-state index < -0.39 is 10.0 Å². The molecule has 4 nitrogen and oxygen atoms in total. The van der Waals surface area contributed by atoms with Crippen molar-refractivity contribution in [3.05, 3.63) is 28.2 Å². The first kappa shape index (κ1) is 17.6. The highest BCUT2D eigenvalue weighted by Gasteiger charge is 2.21. The van der Waals surface area contributed by atoms with E-state index >= 15 is 0 Å². The van der Waals surface area contributed by atoms with Crippen LogP contribution >= 0.6 is 15.9 Å². The van der Waals surface area contributed by atoms with Gasteiger partial charge in [0.1, 0.15) is 0 Å². The Balaban J connectivity index is 3.03. The minimum atomic E-state index is -3.49. The van der Waals surface area contributed by atoms with Crippen LogP contribution in [0.25, 0.3) is 0 Å². The van der Waals surface area contributed by atoms with E-state index in [1.165, 1.54) is 0 Å². The third-order valence-corrected chi connectivity index (χ3v) is 5.69. The topological polar surface area (TPSA) is 58.2 Å². The van der Waals surface area contributed by atoms with Crippen LogP contribution in [-0.2, 0) is 16.6 Å². The van der Waals surface area contributed by atoms with Crippen molar-refractivity contribution < 1.29 is 8.42 Å². The Morgan fingerprint density at radius 3 is 2.40 bits per heavy atom. The van der Waals surface area contributed by atoms with Gasteiger partial charge < -0.3 is 5.32 Å². The number of halogens is 1. The minimum Gasteiger partial charge on any atom is -0.313 e. The predicted octanol–water partition coefficient (Wildman–Crippen LogP) is 3.03. The Morgan fingerprint density at radius 1 is 1.20 bits per heavy atom. The van der Waals surface area contributed by atoms with E-state index in [4.69, 9.17) is 0 Å². The summed E-state index contributed by atoms with van der Waals surface area (Å²) in [5.74, 6) is 0. The van der Waals surface area contributed by atoms with E-state index in [9.17, 15) is 8.42 Å². The van der Waals surface area contributed by atoms with Crippen LogP contribution in [0.5, 0.6) is 0 Å². The fourth-order valence-electron chi connectivity index (χ4n) is 1.87. The van der Waals surface area contributed by atoms with Crippen molar-refractivity contribution in [3.63, 3.8) is 0 Å². The van der Waals surface area contributed by atoms with Crippen LogP contribution in [0.3, 0.4) is 0 Å². The van der Waals surface area contributed by atoms with Gasteiger partial charge in [-0.25, -0.2) is 13.1 Å². The van der Waals surface area contributed by atoms with Gasteiger partial charge in [-0.05, 0) is 53.0 Å². The zero-order valence-electron chi connectivity index (χ0n) is 12.2. The molecule has 0 bridgehead atoms. The van der Waals surface area contributed by atoms with Crippen molar-refractivity contribution in [2.45, 2.75) is 51.1 Å². The molecule has 0 aliphatic rings. The van der Waals surface area contributed by atoms with Gasteiger partial charge >= 0.3 is 0 Å². The van der Waals surface area contributed by atoms with Gasteiger partial charge in [0.15, 0.2) is 0 Å². The van der Waals surface area contributed by atoms with E-state index in [0.717, 1.165) is 24.9 Å². The molecule has 0 aliphatic carbocycles. The van der Waals surface area contributed by atoms with Gasteiger partial charge in [0.05, 0.1) is 4.90 Å². The Hall–Kier alpha value is -0.430. The zero-order valence-corrected chi connectivity index (χ0v) is 14.6. The van der Waals surface area contributed by atoms with Crippen LogP contribution in [-0.4, -0.2) is 21.0 Å². The van der Waals surface area contributed by atoms with E-state index in [1.807, 2.05) is 26.8 Å². The summed E-state index contributed by atoms with van der Waals surface area (Å²) in [7, 11) is -3.49. The van der Waals surface area contributed by atoms with Gasteiger partial charge in [-0.2, -0.15) is 0 Å². The molecule has 0 saturated heterocycles. The summed E-state index contributed by atoms with van der Waals surface area (Å²) in [6.45, 7) is 7.49. The van der Waals surface area contributed by atoms with Crippen LogP contribution in [0, 0.1) is 0 Å². The highest BCUT2D eigenvalue weighted by atomic mass is 79.9. The maximum Gasteiger partial charge on any atom is 0.241 e. The first-order chi connectivity index (χ1) is 9.44. The molecule has 1 aromatic rings. The molecular formula is C14H23BrN2O2S.